The maximum absolute atomic E-state index is 12.6. The van der Waals surface area contributed by atoms with Crippen LogP contribution in [-0.4, -0.2) is 26.9 Å². The van der Waals surface area contributed by atoms with Gasteiger partial charge in [-0.05, 0) is 35.9 Å². The first kappa shape index (κ1) is 21.4. The number of nitrogens with zero attached hydrogens (tertiary/aromatic N) is 2. The minimum Gasteiger partial charge on any atom is -0.480 e. The number of carbonyl (C=O) groups excluding carboxylic acids is 1. The van der Waals surface area contributed by atoms with Crippen molar-refractivity contribution < 1.29 is 14.6 Å². The number of ether oxygens (including phenoxy) is 1. The van der Waals surface area contributed by atoms with Crippen molar-refractivity contribution in [2.75, 3.05) is 0 Å². The summed E-state index contributed by atoms with van der Waals surface area (Å²) in [6, 6.07) is 12.5. The van der Waals surface area contributed by atoms with E-state index in [0.717, 1.165) is 11.1 Å². The fourth-order valence-electron chi connectivity index (χ4n) is 3.42. The Morgan fingerprint density at radius 2 is 1.94 bits per heavy atom. The summed E-state index contributed by atoms with van der Waals surface area (Å²) in [5.41, 5.74) is 3.14. The molecule has 0 bridgehead atoms. The highest BCUT2D eigenvalue weighted by molar-refractivity contribution is 6.31. The molecule has 0 radical (unpaired) electrons. The predicted octanol–water partition coefficient (Wildman–Crippen LogP) is 4.76. The van der Waals surface area contributed by atoms with Gasteiger partial charge in [0, 0.05) is 52.5 Å². The van der Waals surface area contributed by atoms with Gasteiger partial charge in [-0.25, -0.2) is 0 Å². The molecular formula is C23H21Cl2N3O3. The van der Waals surface area contributed by atoms with Crippen molar-refractivity contribution in [3.8, 4) is 16.9 Å². The molecule has 1 aromatic heterocycles. The van der Waals surface area contributed by atoms with Crippen molar-refractivity contribution in [3.63, 3.8) is 0 Å². The van der Waals surface area contributed by atoms with E-state index in [1.165, 1.54) is 0 Å². The summed E-state index contributed by atoms with van der Waals surface area (Å²) in [4.78, 5) is 12.6. The minimum absolute atomic E-state index is 0.149. The molecule has 0 fully saturated rings. The molecule has 160 valence electrons. The van der Waals surface area contributed by atoms with Gasteiger partial charge in [-0.2, -0.15) is 5.10 Å². The molecule has 1 aliphatic heterocycles. The molecule has 6 nitrogen and oxygen atoms in total. The predicted molar refractivity (Wildman–Crippen MR) is 120 cm³/mol. The zero-order chi connectivity index (χ0) is 22.0. The number of allylic oxidation sites excluding steroid dienone is 1. The molecule has 2 aromatic carbocycles. The number of amides is 1. The van der Waals surface area contributed by atoms with Crippen LogP contribution in [0.15, 0.2) is 67.1 Å². The lowest BCUT2D eigenvalue weighted by atomic mass is 9.98. The summed E-state index contributed by atoms with van der Waals surface area (Å²) in [5.74, 6) is 0.118. The second-order valence-corrected chi connectivity index (χ2v) is 8.25. The van der Waals surface area contributed by atoms with Crippen LogP contribution in [0.2, 0.25) is 10.0 Å². The number of benzene rings is 2. The summed E-state index contributed by atoms with van der Waals surface area (Å²) >= 11 is 11.9. The molecule has 3 aromatic rings. The second-order valence-electron chi connectivity index (χ2n) is 7.38. The van der Waals surface area contributed by atoms with E-state index in [9.17, 15) is 9.90 Å². The van der Waals surface area contributed by atoms with E-state index >= 15 is 0 Å². The van der Waals surface area contributed by atoms with Gasteiger partial charge in [0.05, 0.1) is 12.3 Å². The first-order valence-corrected chi connectivity index (χ1v) is 10.6. The van der Waals surface area contributed by atoms with Crippen LogP contribution in [0.25, 0.3) is 11.1 Å². The molecule has 1 amide bonds. The number of hydrogen-bond donors (Lipinski definition) is 2. The van der Waals surface area contributed by atoms with Crippen molar-refractivity contribution in [1.82, 2.24) is 15.1 Å². The normalized spacial score (nSPS) is 17.5. The molecule has 1 aliphatic rings. The third kappa shape index (κ3) is 5.10. The van der Waals surface area contributed by atoms with Gasteiger partial charge >= 0.3 is 0 Å². The van der Waals surface area contributed by atoms with Crippen LogP contribution >= 0.6 is 23.2 Å². The molecule has 0 spiro atoms. The highest BCUT2D eigenvalue weighted by Crippen LogP contribution is 2.36. The molecule has 4 rings (SSSR count). The van der Waals surface area contributed by atoms with Gasteiger partial charge < -0.3 is 15.2 Å². The molecule has 0 aliphatic carbocycles. The molecule has 8 heteroatoms. The van der Waals surface area contributed by atoms with E-state index < -0.39 is 12.2 Å². The Balaban J connectivity index is 1.31. The molecule has 0 saturated carbocycles. The maximum atomic E-state index is 12.6. The standard InChI is InChI=1S/C23H21Cl2N3O3/c1-14(8-9-28-13-16(12-26-28)15-2-4-17(24)5-3-15)27-23(30)22-11-20(29)19-10-18(25)6-7-21(19)31-22/h2-7,10,12-13,20,22,29H,1,8-9,11H2,(H,27,30)/t20-,22-/m1/s1. The second kappa shape index (κ2) is 9.14. The lowest BCUT2D eigenvalue weighted by molar-refractivity contribution is -0.129. The van der Waals surface area contributed by atoms with E-state index in [-0.39, 0.29) is 12.3 Å². The van der Waals surface area contributed by atoms with Crippen molar-refractivity contribution in [2.24, 2.45) is 0 Å². The fraction of sp³-hybridized carbons (Fsp3) is 0.217. The number of nitrogens with one attached hydrogen (secondary N) is 1. The van der Waals surface area contributed by atoms with Gasteiger partial charge in [-0.3, -0.25) is 9.48 Å². The van der Waals surface area contributed by atoms with Crippen LogP contribution in [0.1, 0.15) is 24.5 Å². The number of hydrogen-bond acceptors (Lipinski definition) is 4. The first-order chi connectivity index (χ1) is 14.9. The third-order valence-corrected chi connectivity index (χ3v) is 5.57. The Bertz CT molecular complexity index is 1110. The lowest BCUT2D eigenvalue weighted by Gasteiger charge is -2.29. The summed E-state index contributed by atoms with van der Waals surface area (Å²) in [5, 5.41) is 18.7. The maximum Gasteiger partial charge on any atom is 0.265 e. The number of carbonyl (C=O) groups is 1. The number of aryl methyl sites for hydroxylation is 1. The van der Waals surface area contributed by atoms with E-state index in [4.69, 9.17) is 27.9 Å². The van der Waals surface area contributed by atoms with Crippen molar-refractivity contribution in [3.05, 3.63) is 82.7 Å². The number of fused-ring (bicyclic) bond motifs is 1. The van der Waals surface area contributed by atoms with Crippen LogP contribution < -0.4 is 10.1 Å². The van der Waals surface area contributed by atoms with Crippen molar-refractivity contribution in [2.45, 2.75) is 31.6 Å². The number of rotatable bonds is 6. The van der Waals surface area contributed by atoms with Crippen LogP contribution in [0.4, 0.5) is 0 Å². The SMILES string of the molecule is C=C(CCn1cc(-c2ccc(Cl)cc2)cn1)NC(=O)[C@H]1C[C@@H](O)c2cc(Cl)ccc2O1. The first-order valence-electron chi connectivity index (χ1n) is 9.80. The Labute approximate surface area is 190 Å². The van der Waals surface area contributed by atoms with Crippen LogP contribution in [-0.2, 0) is 11.3 Å². The Kier molecular flexibility index (Phi) is 6.32. The zero-order valence-electron chi connectivity index (χ0n) is 16.6. The summed E-state index contributed by atoms with van der Waals surface area (Å²) < 4.78 is 7.54. The van der Waals surface area contributed by atoms with E-state index in [2.05, 4.69) is 17.0 Å². The monoisotopic (exact) mass is 457 g/mol. The van der Waals surface area contributed by atoms with Gasteiger partial charge in [-0.15, -0.1) is 0 Å². The fourth-order valence-corrected chi connectivity index (χ4v) is 3.73. The number of aromatic nitrogens is 2. The number of aliphatic hydroxyl groups is 1. The Hall–Kier alpha value is -2.80. The van der Waals surface area contributed by atoms with E-state index in [0.29, 0.717) is 40.0 Å². The Morgan fingerprint density at radius 1 is 1.19 bits per heavy atom. The molecule has 2 atom stereocenters. The van der Waals surface area contributed by atoms with Gasteiger partial charge in [0.2, 0.25) is 0 Å². The highest BCUT2D eigenvalue weighted by Gasteiger charge is 2.32. The summed E-state index contributed by atoms with van der Waals surface area (Å²) in [6.45, 7) is 4.49. The van der Waals surface area contributed by atoms with Gasteiger partial charge in [-0.1, -0.05) is 41.9 Å². The molecule has 2 N–H and O–H groups in total. The van der Waals surface area contributed by atoms with Gasteiger partial charge in [0.25, 0.3) is 5.91 Å². The average Bonchev–Trinajstić information content (AvgIpc) is 3.22. The lowest BCUT2D eigenvalue weighted by Crippen LogP contribution is -2.41. The summed E-state index contributed by atoms with van der Waals surface area (Å²) in [6.07, 6.45) is 2.75. The molecule has 31 heavy (non-hydrogen) atoms. The minimum atomic E-state index is -0.818. The van der Waals surface area contributed by atoms with Crippen LogP contribution in [0.3, 0.4) is 0 Å². The van der Waals surface area contributed by atoms with Crippen LogP contribution in [0, 0.1) is 0 Å². The molecular weight excluding hydrogens is 437 g/mol. The summed E-state index contributed by atoms with van der Waals surface area (Å²) in [7, 11) is 0. The third-order valence-electron chi connectivity index (χ3n) is 5.08. The van der Waals surface area contributed by atoms with Gasteiger partial charge in [0.1, 0.15) is 5.75 Å². The average molecular weight is 458 g/mol. The number of halogens is 2. The largest absolute Gasteiger partial charge is 0.480 e. The van der Waals surface area contributed by atoms with E-state index in [1.54, 1.807) is 29.1 Å². The number of aliphatic hydroxyl groups excluding tert-OH is 1. The molecule has 0 saturated heterocycles. The van der Waals surface area contributed by atoms with Crippen LogP contribution in [0.5, 0.6) is 5.75 Å². The van der Waals surface area contributed by atoms with Gasteiger partial charge in [0.15, 0.2) is 6.10 Å². The van der Waals surface area contributed by atoms with Crippen molar-refractivity contribution in [1.29, 1.82) is 0 Å². The Morgan fingerprint density at radius 3 is 2.71 bits per heavy atom. The topological polar surface area (TPSA) is 76.4 Å². The highest BCUT2D eigenvalue weighted by atomic mass is 35.5. The smallest absolute Gasteiger partial charge is 0.265 e. The molecule has 0 unspecified atom stereocenters. The molecule has 2 heterocycles. The van der Waals surface area contributed by atoms with Crippen molar-refractivity contribution >= 4 is 29.1 Å². The van der Waals surface area contributed by atoms with E-state index in [1.807, 2.05) is 30.5 Å². The quantitative estimate of drug-likeness (QED) is 0.559. The zero-order valence-corrected chi connectivity index (χ0v) is 18.1.